The number of hydrogen-bond donors (Lipinski definition) is 1. The van der Waals surface area contributed by atoms with Crippen molar-refractivity contribution in [1.82, 2.24) is 19.9 Å². The molecule has 0 radical (unpaired) electrons. The quantitative estimate of drug-likeness (QED) is 0.864. The minimum absolute atomic E-state index is 0.169. The van der Waals surface area contributed by atoms with Crippen molar-refractivity contribution in [2.24, 2.45) is 5.73 Å². The van der Waals surface area contributed by atoms with Crippen LogP contribution in [0, 0.1) is 0 Å². The minimum Gasteiger partial charge on any atom is -0.339 e. The molecule has 108 valence electrons. The maximum Gasteiger partial charge on any atom is 0.226 e. The standard InChI is InChI=1S/C13H25N5O/c1-10(14)5-6-12-15-13(16-19-12)11-9-17(2)7-4-8-18(11)3/h10-11H,4-9,14H2,1-3H3. The minimum atomic E-state index is 0.169. The highest BCUT2D eigenvalue weighted by Crippen LogP contribution is 2.20. The van der Waals surface area contributed by atoms with Gasteiger partial charge in [-0.2, -0.15) is 4.98 Å². The first-order valence-electron chi connectivity index (χ1n) is 7.03. The molecule has 2 unspecified atom stereocenters. The van der Waals surface area contributed by atoms with Gasteiger partial charge in [0.25, 0.3) is 0 Å². The largest absolute Gasteiger partial charge is 0.339 e. The van der Waals surface area contributed by atoms with Crippen LogP contribution in [0.1, 0.15) is 37.5 Å². The number of aryl methyl sites for hydroxylation is 1. The van der Waals surface area contributed by atoms with Crippen molar-refractivity contribution >= 4 is 0 Å². The molecule has 0 amide bonds. The Balaban J connectivity index is 2.03. The van der Waals surface area contributed by atoms with Gasteiger partial charge in [0.1, 0.15) is 0 Å². The zero-order chi connectivity index (χ0) is 13.8. The molecule has 6 nitrogen and oxygen atoms in total. The van der Waals surface area contributed by atoms with Crippen molar-refractivity contribution in [2.75, 3.05) is 33.7 Å². The predicted molar refractivity (Wildman–Crippen MR) is 73.8 cm³/mol. The van der Waals surface area contributed by atoms with Crippen molar-refractivity contribution in [2.45, 2.75) is 38.3 Å². The lowest BCUT2D eigenvalue weighted by Gasteiger charge is -2.24. The van der Waals surface area contributed by atoms with Crippen LogP contribution in [-0.4, -0.2) is 59.7 Å². The number of likely N-dealkylation sites (N-methyl/N-ethyl adjacent to an activating group) is 2. The van der Waals surface area contributed by atoms with E-state index in [4.69, 9.17) is 10.3 Å². The van der Waals surface area contributed by atoms with Gasteiger partial charge in [-0.25, -0.2) is 0 Å². The van der Waals surface area contributed by atoms with E-state index in [1.165, 1.54) is 6.42 Å². The predicted octanol–water partition coefficient (Wildman–Crippen LogP) is 0.658. The summed E-state index contributed by atoms with van der Waals surface area (Å²) < 4.78 is 5.33. The lowest BCUT2D eigenvalue weighted by molar-refractivity contribution is 0.214. The second-order valence-corrected chi connectivity index (χ2v) is 5.67. The van der Waals surface area contributed by atoms with Crippen LogP contribution in [0.3, 0.4) is 0 Å². The fourth-order valence-electron chi connectivity index (χ4n) is 2.41. The number of rotatable bonds is 4. The first-order valence-corrected chi connectivity index (χ1v) is 7.03. The Morgan fingerprint density at radius 1 is 1.42 bits per heavy atom. The van der Waals surface area contributed by atoms with Gasteiger partial charge in [0.05, 0.1) is 6.04 Å². The Kier molecular flexibility index (Phi) is 4.90. The topological polar surface area (TPSA) is 71.4 Å². The first kappa shape index (κ1) is 14.4. The van der Waals surface area contributed by atoms with E-state index in [1.807, 2.05) is 6.92 Å². The third-order valence-electron chi connectivity index (χ3n) is 3.66. The molecule has 1 aromatic rings. The molecule has 6 heteroatoms. The number of nitrogens with two attached hydrogens (primary N) is 1. The van der Waals surface area contributed by atoms with Gasteiger partial charge < -0.3 is 15.2 Å². The molecular formula is C13H25N5O. The summed E-state index contributed by atoms with van der Waals surface area (Å²) in [6.07, 6.45) is 2.82. The summed E-state index contributed by atoms with van der Waals surface area (Å²) in [5.41, 5.74) is 5.75. The lowest BCUT2D eigenvalue weighted by Crippen LogP contribution is -2.31. The molecule has 1 aromatic heterocycles. The summed E-state index contributed by atoms with van der Waals surface area (Å²) in [4.78, 5) is 9.17. The summed E-state index contributed by atoms with van der Waals surface area (Å²) in [5.74, 6) is 1.50. The summed E-state index contributed by atoms with van der Waals surface area (Å²) in [6.45, 7) is 5.13. The maximum atomic E-state index is 5.75. The molecule has 0 aliphatic carbocycles. The summed E-state index contributed by atoms with van der Waals surface area (Å²) in [7, 11) is 4.27. The number of nitrogens with zero attached hydrogens (tertiary/aromatic N) is 4. The van der Waals surface area contributed by atoms with Crippen LogP contribution in [0.2, 0.25) is 0 Å². The Morgan fingerprint density at radius 2 is 2.21 bits per heavy atom. The van der Waals surface area contributed by atoms with Crippen molar-refractivity contribution < 1.29 is 4.52 Å². The van der Waals surface area contributed by atoms with Crippen LogP contribution in [0.4, 0.5) is 0 Å². The van der Waals surface area contributed by atoms with E-state index in [9.17, 15) is 0 Å². The number of hydrogen-bond acceptors (Lipinski definition) is 6. The molecule has 1 aliphatic rings. The van der Waals surface area contributed by atoms with Gasteiger partial charge in [-0.3, -0.25) is 4.90 Å². The fourth-order valence-corrected chi connectivity index (χ4v) is 2.41. The molecular weight excluding hydrogens is 242 g/mol. The van der Waals surface area contributed by atoms with Crippen molar-refractivity contribution in [1.29, 1.82) is 0 Å². The molecule has 1 aliphatic heterocycles. The van der Waals surface area contributed by atoms with Crippen LogP contribution >= 0.6 is 0 Å². The molecule has 0 spiro atoms. The molecule has 19 heavy (non-hydrogen) atoms. The molecule has 0 saturated carbocycles. The van der Waals surface area contributed by atoms with E-state index < -0.39 is 0 Å². The SMILES string of the molecule is CC(N)CCc1nc(C2CN(C)CCCN2C)no1. The molecule has 2 N–H and O–H groups in total. The third-order valence-corrected chi connectivity index (χ3v) is 3.66. The second kappa shape index (κ2) is 6.45. The molecule has 0 bridgehead atoms. The number of aromatic nitrogens is 2. The Morgan fingerprint density at radius 3 is 2.95 bits per heavy atom. The van der Waals surface area contributed by atoms with E-state index in [0.29, 0.717) is 5.89 Å². The summed E-state index contributed by atoms with van der Waals surface area (Å²) in [5, 5.41) is 4.15. The molecule has 2 atom stereocenters. The normalized spacial score (nSPS) is 24.3. The second-order valence-electron chi connectivity index (χ2n) is 5.67. The molecule has 1 fully saturated rings. The van der Waals surface area contributed by atoms with Crippen molar-refractivity contribution in [3.63, 3.8) is 0 Å². The highest BCUT2D eigenvalue weighted by Gasteiger charge is 2.26. The van der Waals surface area contributed by atoms with Crippen LogP contribution < -0.4 is 5.73 Å². The third kappa shape index (κ3) is 3.99. The van der Waals surface area contributed by atoms with Gasteiger partial charge >= 0.3 is 0 Å². The molecule has 2 heterocycles. The van der Waals surface area contributed by atoms with Gasteiger partial charge in [-0.1, -0.05) is 5.16 Å². The zero-order valence-corrected chi connectivity index (χ0v) is 12.2. The van der Waals surface area contributed by atoms with Crippen molar-refractivity contribution in [3.05, 3.63) is 11.7 Å². The monoisotopic (exact) mass is 267 g/mol. The van der Waals surface area contributed by atoms with Gasteiger partial charge in [0.2, 0.25) is 5.89 Å². The van der Waals surface area contributed by atoms with E-state index in [-0.39, 0.29) is 12.1 Å². The lowest BCUT2D eigenvalue weighted by atomic mass is 10.2. The maximum absolute atomic E-state index is 5.75. The van der Waals surface area contributed by atoms with Crippen LogP contribution in [0.25, 0.3) is 0 Å². The molecule has 1 saturated heterocycles. The fraction of sp³-hybridized carbons (Fsp3) is 0.846. The Hall–Kier alpha value is -0.980. The average molecular weight is 267 g/mol. The van der Waals surface area contributed by atoms with Crippen LogP contribution in [0.15, 0.2) is 4.52 Å². The summed E-state index contributed by atoms with van der Waals surface area (Å²) in [6, 6.07) is 0.391. The van der Waals surface area contributed by atoms with E-state index >= 15 is 0 Å². The summed E-state index contributed by atoms with van der Waals surface area (Å²) >= 11 is 0. The van der Waals surface area contributed by atoms with E-state index in [1.54, 1.807) is 0 Å². The van der Waals surface area contributed by atoms with E-state index in [2.05, 4.69) is 34.0 Å². The molecule has 2 rings (SSSR count). The smallest absolute Gasteiger partial charge is 0.226 e. The van der Waals surface area contributed by atoms with Gasteiger partial charge in [-0.15, -0.1) is 0 Å². The zero-order valence-electron chi connectivity index (χ0n) is 12.2. The first-order chi connectivity index (χ1) is 9.06. The van der Waals surface area contributed by atoms with E-state index in [0.717, 1.165) is 38.3 Å². The van der Waals surface area contributed by atoms with Gasteiger partial charge in [-0.05, 0) is 47.0 Å². The van der Waals surface area contributed by atoms with Crippen LogP contribution in [0.5, 0.6) is 0 Å². The van der Waals surface area contributed by atoms with Crippen LogP contribution in [-0.2, 0) is 6.42 Å². The average Bonchev–Trinajstić information content (AvgIpc) is 2.75. The molecule has 0 aromatic carbocycles. The highest BCUT2D eigenvalue weighted by molar-refractivity contribution is 4.97. The highest BCUT2D eigenvalue weighted by atomic mass is 16.5. The Labute approximate surface area is 114 Å². The Bertz CT molecular complexity index is 392. The van der Waals surface area contributed by atoms with Gasteiger partial charge in [0.15, 0.2) is 5.82 Å². The van der Waals surface area contributed by atoms with Crippen molar-refractivity contribution in [3.8, 4) is 0 Å². The van der Waals surface area contributed by atoms with Gasteiger partial charge in [0, 0.05) is 19.0 Å².